The molecule has 0 amide bonds. The van der Waals surface area contributed by atoms with Crippen LogP contribution in [0.5, 0.6) is 0 Å². The van der Waals surface area contributed by atoms with Gasteiger partial charge in [-0.3, -0.25) is 4.79 Å². The van der Waals surface area contributed by atoms with E-state index in [1.54, 1.807) is 20.8 Å². The van der Waals surface area contributed by atoms with Crippen LogP contribution in [0.15, 0.2) is 24.3 Å². The molecule has 0 aliphatic heterocycles. The molecular formula is C19H18N2O5. The van der Waals surface area contributed by atoms with E-state index in [0.29, 0.717) is 17.0 Å². The molecule has 0 aliphatic rings. The highest BCUT2D eigenvalue weighted by Gasteiger charge is 2.26. The molecule has 7 heteroatoms. The summed E-state index contributed by atoms with van der Waals surface area (Å²) in [7, 11) is 0. The topological polar surface area (TPSA) is 109 Å². The molecule has 0 aliphatic carbocycles. The van der Waals surface area contributed by atoms with Crippen LogP contribution in [0.25, 0.3) is 0 Å². The zero-order valence-electron chi connectivity index (χ0n) is 14.7. The number of carbonyl (C=O) groups excluding carboxylic acids is 3. The lowest BCUT2D eigenvalue weighted by molar-refractivity contribution is 0.0472. The average Bonchev–Trinajstić information content (AvgIpc) is 2.93. The first-order chi connectivity index (χ1) is 12.4. The second-order valence-electron chi connectivity index (χ2n) is 5.53. The molecule has 0 atom stereocenters. The van der Waals surface area contributed by atoms with Gasteiger partial charge in [0.1, 0.15) is 0 Å². The SMILES string of the molecule is CCOC(=O)c1c(C)[nH]c(C)c1C(=O)COC(=O)c1ccc(C#N)cc1. The number of ketones is 1. The first kappa shape index (κ1) is 18.9. The highest BCUT2D eigenvalue weighted by molar-refractivity contribution is 6.09. The van der Waals surface area contributed by atoms with Crippen LogP contribution >= 0.6 is 0 Å². The van der Waals surface area contributed by atoms with Crippen molar-refractivity contribution in [1.29, 1.82) is 5.26 Å². The summed E-state index contributed by atoms with van der Waals surface area (Å²) in [5.74, 6) is -1.79. The van der Waals surface area contributed by atoms with Gasteiger partial charge in [0.25, 0.3) is 0 Å². The van der Waals surface area contributed by atoms with Crippen molar-refractivity contribution in [2.45, 2.75) is 20.8 Å². The maximum absolute atomic E-state index is 12.5. The summed E-state index contributed by atoms with van der Waals surface area (Å²) in [6.07, 6.45) is 0. The van der Waals surface area contributed by atoms with Crippen molar-refractivity contribution in [3.8, 4) is 6.07 Å². The predicted octanol–water partition coefficient (Wildman–Crippen LogP) is 2.72. The van der Waals surface area contributed by atoms with E-state index >= 15 is 0 Å². The van der Waals surface area contributed by atoms with E-state index in [-0.39, 0.29) is 23.3 Å². The number of hydrogen-bond donors (Lipinski definition) is 1. The Balaban J connectivity index is 2.14. The lowest BCUT2D eigenvalue weighted by Crippen LogP contribution is -2.18. The smallest absolute Gasteiger partial charge is 0.340 e. The zero-order valence-corrected chi connectivity index (χ0v) is 14.7. The predicted molar refractivity (Wildman–Crippen MR) is 92.0 cm³/mol. The Morgan fingerprint density at radius 1 is 1.00 bits per heavy atom. The molecule has 0 spiro atoms. The minimum atomic E-state index is -0.689. The van der Waals surface area contributed by atoms with E-state index in [1.165, 1.54) is 24.3 Å². The second kappa shape index (κ2) is 8.12. The second-order valence-corrected chi connectivity index (χ2v) is 5.53. The maximum atomic E-state index is 12.5. The van der Waals surface area contributed by atoms with Crippen molar-refractivity contribution in [2.24, 2.45) is 0 Å². The van der Waals surface area contributed by atoms with Crippen molar-refractivity contribution in [3.05, 3.63) is 57.9 Å². The Morgan fingerprint density at radius 3 is 2.19 bits per heavy atom. The van der Waals surface area contributed by atoms with E-state index in [1.807, 2.05) is 6.07 Å². The van der Waals surface area contributed by atoms with Gasteiger partial charge in [0.05, 0.1) is 34.9 Å². The molecule has 1 aromatic carbocycles. The third-order valence-electron chi connectivity index (χ3n) is 3.72. The number of esters is 2. The number of nitrogens with zero attached hydrogens (tertiary/aromatic N) is 1. The number of nitrogens with one attached hydrogen (secondary N) is 1. The summed E-state index contributed by atoms with van der Waals surface area (Å²) in [6.45, 7) is 4.67. The number of nitriles is 1. The Labute approximate surface area is 150 Å². The van der Waals surface area contributed by atoms with Gasteiger partial charge in [-0.15, -0.1) is 0 Å². The maximum Gasteiger partial charge on any atom is 0.340 e. The quantitative estimate of drug-likeness (QED) is 0.631. The average molecular weight is 354 g/mol. The standard InChI is InChI=1S/C19H18N2O5/c1-4-25-19(24)17-12(3)21-11(2)16(17)15(22)10-26-18(23)14-7-5-13(9-20)6-8-14/h5-8,21H,4,10H2,1-3H3. The van der Waals surface area contributed by atoms with Crippen LogP contribution in [-0.2, 0) is 9.47 Å². The Hall–Kier alpha value is -3.40. The third-order valence-corrected chi connectivity index (χ3v) is 3.72. The normalized spacial score (nSPS) is 10.1. The third kappa shape index (κ3) is 3.98. The minimum absolute atomic E-state index is 0.156. The van der Waals surface area contributed by atoms with Crippen LogP contribution in [0.2, 0.25) is 0 Å². The fraction of sp³-hybridized carbons (Fsp3) is 0.263. The lowest BCUT2D eigenvalue weighted by Gasteiger charge is -2.07. The molecule has 2 rings (SSSR count). The fourth-order valence-electron chi connectivity index (χ4n) is 2.56. The highest BCUT2D eigenvalue weighted by Crippen LogP contribution is 2.20. The summed E-state index contributed by atoms with van der Waals surface area (Å²) in [6, 6.07) is 7.80. The van der Waals surface area contributed by atoms with Crippen LogP contribution in [-0.4, -0.2) is 35.9 Å². The van der Waals surface area contributed by atoms with E-state index in [0.717, 1.165) is 0 Å². The molecule has 1 heterocycles. The molecule has 0 bridgehead atoms. The molecule has 1 aromatic heterocycles. The molecule has 0 fully saturated rings. The summed E-state index contributed by atoms with van der Waals surface area (Å²) in [5.41, 5.74) is 1.98. The molecule has 0 saturated heterocycles. The van der Waals surface area contributed by atoms with Crippen LogP contribution in [0.3, 0.4) is 0 Å². The van der Waals surface area contributed by atoms with Crippen molar-refractivity contribution >= 4 is 17.7 Å². The number of aromatic nitrogens is 1. The van der Waals surface area contributed by atoms with Crippen LogP contribution < -0.4 is 0 Å². The molecule has 134 valence electrons. The van der Waals surface area contributed by atoms with Gasteiger partial charge in [-0.25, -0.2) is 9.59 Å². The molecule has 0 unspecified atom stereocenters. The van der Waals surface area contributed by atoms with Gasteiger partial charge < -0.3 is 14.5 Å². The number of hydrogen-bond acceptors (Lipinski definition) is 6. The van der Waals surface area contributed by atoms with Gasteiger partial charge in [0.15, 0.2) is 6.61 Å². The van der Waals surface area contributed by atoms with Gasteiger partial charge in [-0.2, -0.15) is 5.26 Å². The first-order valence-corrected chi connectivity index (χ1v) is 7.95. The number of rotatable bonds is 6. The van der Waals surface area contributed by atoms with E-state index in [9.17, 15) is 14.4 Å². The molecule has 2 aromatic rings. The van der Waals surface area contributed by atoms with Crippen molar-refractivity contribution in [2.75, 3.05) is 13.2 Å². The Kier molecular flexibility index (Phi) is 5.91. The number of ether oxygens (including phenoxy) is 2. The molecular weight excluding hydrogens is 336 g/mol. The summed E-state index contributed by atoms with van der Waals surface area (Å²) >= 11 is 0. The van der Waals surface area contributed by atoms with Gasteiger partial charge in [0, 0.05) is 11.4 Å². The van der Waals surface area contributed by atoms with Crippen molar-refractivity contribution < 1.29 is 23.9 Å². The van der Waals surface area contributed by atoms with E-state index in [2.05, 4.69) is 4.98 Å². The fourth-order valence-corrected chi connectivity index (χ4v) is 2.56. The summed E-state index contributed by atoms with van der Waals surface area (Å²) in [5, 5.41) is 8.75. The number of benzene rings is 1. The van der Waals surface area contributed by atoms with Crippen LogP contribution in [0, 0.1) is 25.2 Å². The van der Waals surface area contributed by atoms with Gasteiger partial charge in [-0.1, -0.05) is 0 Å². The van der Waals surface area contributed by atoms with Crippen LogP contribution in [0.4, 0.5) is 0 Å². The number of aryl methyl sites for hydroxylation is 2. The van der Waals surface area contributed by atoms with E-state index < -0.39 is 24.3 Å². The van der Waals surface area contributed by atoms with E-state index in [4.69, 9.17) is 14.7 Å². The number of Topliss-reactive ketones (excluding diaryl/α,β-unsaturated/α-hetero) is 1. The minimum Gasteiger partial charge on any atom is -0.462 e. The Bertz CT molecular complexity index is 888. The molecule has 0 saturated carbocycles. The number of aromatic amines is 1. The molecule has 1 N–H and O–H groups in total. The largest absolute Gasteiger partial charge is 0.462 e. The summed E-state index contributed by atoms with van der Waals surface area (Å²) < 4.78 is 10.0. The van der Waals surface area contributed by atoms with Crippen LogP contribution in [0.1, 0.15) is 54.9 Å². The number of carbonyl (C=O) groups is 3. The van der Waals surface area contributed by atoms with Gasteiger partial charge in [0.2, 0.25) is 5.78 Å². The lowest BCUT2D eigenvalue weighted by atomic mass is 10.1. The van der Waals surface area contributed by atoms with Crippen molar-refractivity contribution in [1.82, 2.24) is 4.98 Å². The molecule has 7 nitrogen and oxygen atoms in total. The first-order valence-electron chi connectivity index (χ1n) is 7.95. The highest BCUT2D eigenvalue weighted by atomic mass is 16.5. The zero-order chi connectivity index (χ0) is 19.3. The number of H-pyrrole nitrogens is 1. The molecule has 26 heavy (non-hydrogen) atoms. The monoisotopic (exact) mass is 354 g/mol. The van der Waals surface area contributed by atoms with Crippen molar-refractivity contribution in [3.63, 3.8) is 0 Å². The molecule has 0 radical (unpaired) electrons. The Morgan fingerprint density at radius 2 is 1.62 bits per heavy atom. The summed E-state index contributed by atoms with van der Waals surface area (Å²) in [4.78, 5) is 39.6. The van der Waals surface area contributed by atoms with Gasteiger partial charge >= 0.3 is 11.9 Å². The van der Waals surface area contributed by atoms with Gasteiger partial charge in [-0.05, 0) is 45.0 Å².